The summed E-state index contributed by atoms with van der Waals surface area (Å²) >= 11 is 1.52. The third-order valence-corrected chi connectivity index (χ3v) is 11.0. The first-order valence-electron chi connectivity index (χ1n) is 15.0. The Morgan fingerprint density at radius 3 is 2.49 bits per heavy atom. The van der Waals surface area contributed by atoms with Crippen LogP contribution in [0.5, 0.6) is 5.75 Å². The summed E-state index contributed by atoms with van der Waals surface area (Å²) in [6, 6.07) is 15.3. The lowest BCUT2D eigenvalue weighted by Gasteiger charge is -2.40. The van der Waals surface area contributed by atoms with Crippen LogP contribution in [0.2, 0.25) is 0 Å². The summed E-state index contributed by atoms with van der Waals surface area (Å²) in [6.07, 6.45) is 11.0. The van der Waals surface area contributed by atoms with Crippen molar-refractivity contribution in [3.63, 3.8) is 0 Å². The number of esters is 1. The van der Waals surface area contributed by atoms with Gasteiger partial charge >= 0.3 is 5.97 Å². The number of cyclic esters (lactones) is 1. The van der Waals surface area contributed by atoms with Crippen molar-refractivity contribution in [1.82, 2.24) is 4.90 Å². The first kappa shape index (κ1) is 29.5. The van der Waals surface area contributed by atoms with Gasteiger partial charge in [-0.05, 0) is 62.4 Å². The summed E-state index contributed by atoms with van der Waals surface area (Å²) in [5.41, 5.74) is 1.63. The van der Waals surface area contributed by atoms with Crippen molar-refractivity contribution in [3.8, 4) is 5.75 Å². The molecule has 2 saturated heterocycles. The third kappa shape index (κ3) is 5.06. The molecule has 9 heteroatoms. The van der Waals surface area contributed by atoms with E-state index in [1.165, 1.54) is 11.8 Å². The van der Waals surface area contributed by atoms with Crippen LogP contribution in [0, 0.1) is 11.8 Å². The number of benzene rings is 2. The van der Waals surface area contributed by atoms with E-state index in [-0.39, 0.29) is 18.4 Å². The maximum atomic E-state index is 14.8. The minimum Gasteiger partial charge on any atom is -0.497 e. The number of methoxy groups -OCH3 is 1. The van der Waals surface area contributed by atoms with Gasteiger partial charge in [-0.3, -0.25) is 14.4 Å². The standard InChI is InChI=1S/C34H38N2O6S/c1-33-17-8-3-4-9-20-42-32(40)28(33)27-30(38)36(25(22-37)21-23-11-6-5-7-12-23)29-31(39)35(19-10-18-34(27,29)43-33)24-13-15-26(41-2)16-14-24/h5-8,10-18,25,27-29,37H,3-4,9,19-22H2,1-2H3/b17-8-/t25-,27+,28-,29?,33+,34+/m1/s1. The van der Waals surface area contributed by atoms with Crippen LogP contribution in [0.1, 0.15) is 31.7 Å². The first-order valence-corrected chi connectivity index (χ1v) is 15.8. The zero-order chi connectivity index (χ0) is 30.2. The molecule has 0 aromatic heterocycles. The molecular weight excluding hydrogens is 564 g/mol. The number of rotatable bonds is 6. The molecule has 1 N–H and O–H groups in total. The molecule has 0 aliphatic carbocycles. The second kappa shape index (κ2) is 11.8. The lowest BCUT2D eigenvalue weighted by Crippen LogP contribution is -2.57. The summed E-state index contributed by atoms with van der Waals surface area (Å²) in [5, 5.41) is 10.7. The molecule has 2 amide bonds. The Bertz CT molecular complexity index is 1430. The molecule has 4 heterocycles. The number of aliphatic hydroxyl groups excluding tert-OH is 1. The molecule has 0 bridgehead atoms. The van der Waals surface area contributed by atoms with E-state index in [1.807, 2.05) is 61.5 Å². The average molecular weight is 603 g/mol. The molecule has 2 aromatic rings. The van der Waals surface area contributed by atoms with Crippen molar-refractivity contribution in [2.75, 3.05) is 31.8 Å². The number of allylic oxidation sites excluding steroid dienone is 1. The van der Waals surface area contributed by atoms with E-state index >= 15 is 0 Å². The number of anilines is 1. The van der Waals surface area contributed by atoms with Gasteiger partial charge in [0.1, 0.15) is 11.8 Å². The van der Waals surface area contributed by atoms with Gasteiger partial charge in [-0.1, -0.05) is 54.6 Å². The SMILES string of the molecule is COc1ccc(N2CC=C[C@]34S[C@@]5(C)/C=C\CCCCOC(=O)[C@H]5[C@H]3C(=O)N([C@@H](CO)Cc3ccccc3)C4C2=O)cc1. The number of carbonyl (C=O) groups excluding carboxylic acids is 3. The van der Waals surface area contributed by atoms with Crippen LogP contribution in [0.25, 0.3) is 0 Å². The number of aliphatic hydroxyl groups is 1. The molecule has 0 radical (unpaired) electrons. The maximum Gasteiger partial charge on any atom is 0.311 e. The fraction of sp³-hybridized carbons (Fsp3) is 0.441. The summed E-state index contributed by atoms with van der Waals surface area (Å²) in [7, 11) is 1.59. The van der Waals surface area contributed by atoms with Crippen molar-refractivity contribution in [3.05, 3.63) is 84.5 Å². The topological polar surface area (TPSA) is 96.4 Å². The van der Waals surface area contributed by atoms with Crippen molar-refractivity contribution in [1.29, 1.82) is 0 Å². The van der Waals surface area contributed by atoms with E-state index in [1.54, 1.807) is 29.0 Å². The summed E-state index contributed by atoms with van der Waals surface area (Å²) in [4.78, 5) is 46.7. The molecular formula is C34H38N2O6S. The quantitative estimate of drug-likeness (QED) is 0.392. The smallest absolute Gasteiger partial charge is 0.311 e. The van der Waals surface area contributed by atoms with Crippen molar-refractivity contribution in [2.45, 2.75) is 54.2 Å². The molecule has 6 atom stereocenters. The molecule has 0 saturated carbocycles. The van der Waals surface area contributed by atoms with Gasteiger partial charge in [-0.15, -0.1) is 11.8 Å². The van der Waals surface area contributed by atoms with Gasteiger partial charge in [-0.2, -0.15) is 0 Å². The highest BCUT2D eigenvalue weighted by Crippen LogP contribution is 2.65. The molecule has 6 rings (SSSR count). The molecule has 4 aliphatic heterocycles. The van der Waals surface area contributed by atoms with Crippen LogP contribution in [-0.2, 0) is 25.5 Å². The van der Waals surface area contributed by atoms with Crippen LogP contribution in [0.3, 0.4) is 0 Å². The first-order chi connectivity index (χ1) is 20.8. The number of amides is 2. The van der Waals surface area contributed by atoms with Gasteiger partial charge in [0.2, 0.25) is 5.91 Å². The van der Waals surface area contributed by atoms with Crippen LogP contribution >= 0.6 is 11.8 Å². The van der Waals surface area contributed by atoms with E-state index in [0.29, 0.717) is 31.0 Å². The van der Waals surface area contributed by atoms with Crippen molar-refractivity contribution in [2.24, 2.45) is 11.8 Å². The van der Waals surface area contributed by atoms with Gasteiger partial charge in [0.05, 0.1) is 42.9 Å². The van der Waals surface area contributed by atoms with Crippen molar-refractivity contribution >= 4 is 35.2 Å². The predicted molar refractivity (Wildman–Crippen MR) is 166 cm³/mol. The molecule has 4 aliphatic rings. The molecule has 2 aromatic carbocycles. The molecule has 2 fully saturated rings. The Morgan fingerprint density at radius 1 is 1.00 bits per heavy atom. The van der Waals surface area contributed by atoms with Gasteiger partial charge < -0.3 is 24.4 Å². The van der Waals surface area contributed by atoms with Crippen LogP contribution < -0.4 is 9.64 Å². The molecule has 226 valence electrons. The maximum absolute atomic E-state index is 14.8. The molecule has 43 heavy (non-hydrogen) atoms. The monoisotopic (exact) mass is 602 g/mol. The lowest BCUT2D eigenvalue weighted by molar-refractivity contribution is -0.154. The summed E-state index contributed by atoms with van der Waals surface area (Å²) in [5.74, 6) is -1.88. The summed E-state index contributed by atoms with van der Waals surface area (Å²) < 4.78 is 9.32. The minimum atomic E-state index is -1.03. The Kier molecular flexibility index (Phi) is 8.13. The number of hydrogen-bond donors (Lipinski definition) is 1. The van der Waals surface area contributed by atoms with E-state index < -0.39 is 39.4 Å². The second-order valence-corrected chi connectivity index (χ2v) is 13.7. The number of nitrogens with zero attached hydrogens (tertiary/aromatic N) is 2. The minimum absolute atomic E-state index is 0.241. The highest BCUT2D eigenvalue weighted by molar-refractivity contribution is 8.02. The Balaban J connectivity index is 1.49. The van der Waals surface area contributed by atoms with Gasteiger partial charge in [0.15, 0.2) is 0 Å². The predicted octanol–water partition coefficient (Wildman–Crippen LogP) is 4.17. The van der Waals surface area contributed by atoms with E-state index in [9.17, 15) is 19.5 Å². The number of likely N-dealkylation sites (tertiary alicyclic amines) is 1. The number of hydrogen-bond acceptors (Lipinski definition) is 7. The van der Waals surface area contributed by atoms with E-state index in [0.717, 1.165) is 24.8 Å². The van der Waals surface area contributed by atoms with Crippen LogP contribution in [-0.4, -0.2) is 76.2 Å². The fourth-order valence-electron chi connectivity index (χ4n) is 7.26. The van der Waals surface area contributed by atoms with Crippen LogP contribution in [0.15, 0.2) is 78.9 Å². The normalized spacial score (nSPS) is 31.9. The highest BCUT2D eigenvalue weighted by Gasteiger charge is 2.74. The molecule has 1 unspecified atom stereocenters. The van der Waals surface area contributed by atoms with E-state index in [2.05, 4.69) is 12.2 Å². The largest absolute Gasteiger partial charge is 0.497 e. The third-order valence-electron chi connectivity index (χ3n) is 9.24. The Morgan fingerprint density at radius 2 is 1.77 bits per heavy atom. The average Bonchev–Trinajstić information content (AvgIpc) is 3.35. The van der Waals surface area contributed by atoms with E-state index in [4.69, 9.17) is 9.47 Å². The number of fused-ring (bicyclic) bond motifs is 2. The Labute approximate surface area is 256 Å². The zero-order valence-electron chi connectivity index (χ0n) is 24.6. The zero-order valence-corrected chi connectivity index (χ0v) is 25.4. The second-order valence-electron chi connectivity index (χ2n) is 11.9. The molecule has 8 nitrogen and oxygen atoms in total. The number of thioether (sulfide) groups is 1. The van der Waals surface area contributed by atoms with Crippen molar-refractivity contribution < 1.29 is 29.0 Å². The number of carbonyl (C=O) groups is 3. The lowest BCUT2D eigenvalue weighted by atomic mass is 9.74. The molecule has 1 spiro atoms. The fourth-order valence-corrected chi connectivity index (χ4v) is 9.40. The van der Waals surface area contributed by atoms with Gasteiger partial charge in [-0.25, -0.2) is 0 Å². The Hall–Kier alpha value is -3.56. The van der Waals surface area contributed by atoms with Crippen LogP contribution in [0.4, 0.5) is 5.69 Å². The number of ether oxygens (including phenoxy) is 2. The summed E-state index contributed by atoms with van der Waals surface area (Å²) in [6.45, 7) is 2.28. The van der Waals surface area contributed by atoms with Gasteiger partial charge in [0, 0.05) is 17.0 Å². The van der Waals surface area contributed by atoms with Gasteiger partial charge in [0.25, 0.3) is 5.91 Å². The highest BCUT2D eigenvalue weighted by atomic mass is 32.2.